The van der Waals surface area contributed by atoms with Crippen LogP contribution in [-0.4, -0.2) is 24.6 Å². The Morgan fingerprint density at radius 1 is 1.42 bits per heavy atom. The first-order valence-electron chi connectivity index (χ1n) is 5.59. The number of halogens is 1. The zero-order valence-electron chi connectivity index (χ0n) is 10.6. The molecule has 1 rings (SSSR count). The molecule has 0 saturated carbocycles. The van der Waals surface area contributed by atoms with Crippen molar-refractivity contribution in [3.8, 4) is 5.75 Å². The molecular weight excluding hydrogens is 274 g/mol. The first kappa shape index (κ1) is 15.2. The van der Waals surface area contributed by atoms with Crippen molar-refractivity contribution >= 4 is 23.3 Å². The van der Waals surface area contributed by atoms with Crippen molar-refractivity contribution in [2.45, 2.75) is 19.2 Å². The summed E-state index contributed by atoms with van der Waals surface area (Å²) in [5.41, 5.74) is 0.906. The average molecular weight is 288 g/mol. The summed E-state index contributed by atoms with van der Waals surface area (Å²) in [5.74, 6) is -0.248. The van der Waals surface area contributed by atoms with Gasteiger partial charge in [-0.3, -0.25) is 14.9 Å². The van der Waals surface area contributed by atoms with Gasteiger partial charge in [-0.05, 0) is 24.1 Å². The molecule has 0 bridgehead atoms. The van der Waals surface area contributed by atoms with Gasteiger partial charge in [-0.1, -0.05) is 0 Å². The number of alkyl halides is 1. The predicted molar refractivity (Wildman–Crippen MR) is 69.5 cm³/mol. The monoisotopic (exact) mass is 287 g/mol. The number of hydrogen-bond acceptors (Lipinski definition) is 5. The van der Waals surface area contributed by atoms with E-state index >= 15 is 0 Å². The molecule has 1 aromatic carbocycles. The van der Waals surface area contributed by atoms with E-state index in [1.54, 1.807) is 6.92 Å². The lowest BCUT2D eigenvalue weighted by Crippen LogP contribution is -2.09. The van der Waals surface area contributed by atoms with Gasteiger partial charge < -0.3 is 9.47 Å². The first-order chi connectivity index (χ1) is 9.03. The van der Waals surface area contributed by atoms with Crippen molar-refractivity contribution in [2.24, 2.45) is 0 Å². The fourth-order valence-corrected chi connectivity index (χ4v) is 1.87. The van der Waals surface area contributed by atoms with E-state index in [0.717, 1.165) is 0 Å². The number of rotatable bonds is 6. The Morgan fingerprint density at radius 2 is 2.11 bits per heavy atom. The van der Waals surface area contributed by atoms with E-state index in [-0.39, 0.29) is 30.3 Å². The third kappa shape index (κ3) is 3.82. The highest BCUT2D eigenvalue weighted by Gasteiger charge is 2.20. The molecule has 0 aliphatic rings. The van der Waals surface area contributed by atoms with Crippen molar-refractivity contribution in [1.82, 2.24) is 0 Å². The summed E-state index contributed by atoms with van der Waals surface area (Å²) in [6.07, 6.45) is 0.00421. The second kappa shape index (κ2) is 6.94. The molecule has 104 valence electrons. The topological polar surface area (TPSA) is 78.7 Å². The quantitative estimate of drug-likeness (QED) is 0.347. The smallest absolute Gasteiger partial charge is 0.311 e. The van der Waals surface area contributed by atoms with Crippen LogP contribution >= 0.6 is 11.6 Å². The summed E-state index contributed by atoms with van der Waals surface area (Å²) in [6.45, 7) is 1.98. The molecule has 1 aromatic rings. The van der Waals surface area contributed by atoms with Crippen LogP contribution in [0.3, 0.4) is 0 Å². The van der Waals surface area contributed by atoms with Gasteiger partial charge in [0, 0.05) is 11.9 Å². The van der Waals surface area contributed by atoms with E-state index in [4.69, 9.17) is 21.1 Å². The van der Waals surface area contributed by atoms with Gasteiger partial charge in [0.2, 0.25) is 0 Å². The summed E-state index contributed by atoms with van der Waals surface area (Å²) in [4.78, 5) is 21.8. The molecule has 0 spiro atoms. The molecule has 0 atom stereocenters. The molecule has 6 nitrogen and oxygen atoms in total. The Labute approximate surface area is 115 Å². The molecule has 0 radical (unpaired) electrons. The van der Waals surface area contributed by atoms with E-state index in [1.807, 2.05) is 0 Å². The van der Waals surface area contributed by atoms with Gasteiger partial charge in [0.25, 0.3) is 0 Å². The number of carbonyl (C=O) groups is 1. The Morgan fingerprint density at radius 3 is 2.58 bits per heavy atom. The van der Waals surface area contributed by atoms with Crippen molar-refractivity contribution in [1.29, 1.82) is 0 Å². The second-order valence-electron chi connectivity index (χ2n) is 3.67. The van der Waals surface area contributed by atoms with Crippen LogP contribution in [-0.2, 0) is 21.8 Å². The molecular formula is C12H14ClNO5. The van der Waals surface area contributed by atoms with Crippen LogP contribution in [0.2, 0.25) is 0 Å². The molecule has 0 saturated heterocycles. The summed E-state index contributed by atoms with van der Waals surface area (Å²) >= 11 is 5.75. The molecule has 0 amide bonds. The van der Waals surface area contributed by atoms with Gasteiger partial charge in [-0.2, -0.15) is 0 Å². The Bertz CT molecular complexity index is 489. The molecule has 0 fully saturated rings. The van der Waals surface area contributed by atoms with Gasteiger partial charge in [-0.15, -0.1) is 11.6 Å². The fraction of sp³-hybridized carbons (Fsp3) is 0.417. The zero-order valence-corrected chi connectivity index (χ0v) is 11.4. The minimum atomic E-state index is -0.553. The third-order valence-electron chi connectivity index (χ3n) is 2.48. The van der Waals surface area contributed by atoms with Crippen LogP contribution in [0.4, 0.5) is 5.69 Å². The Hall–Kier alpha value is -1.82. The van der Waals surface area contributed by atoms with Gasteiger partial charge in [-0.25, -0.2) is 0 Å². The van der Waals surface area contributed by atoms with Crippen molar-refractivity contribution in [2.75, 3.05) is 13.7 Å². The van der Waals surface area contributed by atoms with E-state index in [2.05, 4.69) is 0 Å². The van der Waals surface area contributed by atoms with E-state index in [1.165, 1.54) is 19.2 Å². The van der Waals surface area contributed by atoms with Crippen LogP contribution in [0.25, 0.3) is 0 Å². The highest BCUT2D eigenvalue weighted by molar-refractivity contribution is 6.17. The minimum Gasteiger partial charge on any atom is -0.490 e. The number of esters is 1. The summed E-state index contributed by atoms with van der Waals surface area (Å²) in [5, 5.41) is 10.9. The summed E-state index contributed by atoms with van der Waals surface area (Å²) in [6, 6.07) is 2.77. The number of nitro groups is 1. The first-order valence-corrected chi connectivity index (χ1v) is 6.12. The molecule has 0 aliphatic heterocycles. The number of hydrogen-bond donors (Lipinski definition) is 0. The van der Waals surface area contributed by atoms with Crippen LogP contribution in [0.15, 0.2) is 12.1 Å². The number of nitrogens with zero attached hydrogens (tertiary/aromatic N) is 1. The number of carbonyl (C=O) groups excluding carboxylic acids is 1. The number of methoxy groups -OCH3 is 1. The van der Waals surface area contributed by atoms with Crippen LogP contribution in [0, 0.1) is 10.1 Å². The van der Waals surface area contributed by atoms with Crippen LogP contribution in [0.1, 0.15) is 18.1 Å². The fourth-order valence-electron chi connectivity index (χ4n) is 1.62. The van der Waals surface area contributed by atoms with Gasteiger partial charge in [0.1, 0.15) is 0 Å². The summed E-state index contributed by atoms with van der Waals surface area (Å²) < 4.78 is 9.79. The van der Waals surface area contributed by atoms with Crippen LogP contribution < -0.4 is 4.74 Å². The molecule has 7 heteroatoms. The number of nitro benzene ring substituents is 1. The van der Waals surface area contributed by atoms with Crippen molar-refractivity contribution in [3.63, 3.8) is 0 Å². The molecule has 0 aliphatic carbocycles. The number of ether oxygens (including phenoxy) is 2. The Balaban J connectivity index is 3.16. The molecule has 19 heavy (non-hydrogen) atoms. The van der Waals surface area contributed by atoms with Crippen LogP contribution in [0.5, 0.6) is 5.75 Å². The molecule has 0 aromatic heterocycles. The third-order valence-corrected chi connectivity index (χ3v) is 2.77. The van der Waals surface area contributed by atoms with Crippen molar-refractivity contribution in [3.05, 3.63) is 33.4 Å². The highest BCUT2D eigenvalue weighted by Crippen LogP contribution is 2.31. The van der Waals surface area contributed by atoms with Gasteiger partial charge in [0.05, 0.1) is 25.1 Å². The largest absolute Gasteiger partial charge is 0.490 e. The minimum absolute atomic E-state index is 0.00421. The van der Waals surface area contributed by atoms with Crippen molar-refractivity contribution < 1.29 is 19.2 Å². The molecule has 0 N–H and O–H groups in total. The van der Waals surface area contributed by atoms with Gasteiger partial charge >= 0.3 is 11.7 Å². The van der Waals surface area contributed by atoms with E-state index in [9.17, 15) is 14.9 Å². The maximum atomic E-state index is 11.5. The normalized spacial score (nSPS) is 10.1. The predicted octanol–water partition coefficient (Wildman–Crippen LogP) is 2.45. The Kier molecular flexibility index (Phi) is 5.57. The lowest BCUT2D eigenvalue weighted by Gasteiger charge is -2.10. The molecule has 0 unspecified atom stereocenters. The maximum absolute atomic E-state index is 11.5. The standard InChI is InChI=1S/C12H14ClNO5/c1-3-19-12(15)6-8-5-11(18-2)10(14(16)17)4-9(8)7-13/h4-5H,3,6-7H2,1-2H3. The zero-order chi connectivity index (χ0) is 14.4. The lowest BCUT2D eigenvalue weighted by molar-refractivity contribution is -0.385. The molecule has 0 heterocycles. The lowest BCUT2D eigenvalue weighted by atomic mass is 10.0. The average Bonchev–Trinajstić information content (AvgIpc) is 2.38. The SMILES string of the molecule is CCOC(=O)Cc1cc(OC)c([N+](=O)[O-])cc1CCl. The van der Waals surface area contributed by atoms with Gasteiger partial charge in [0.15, 0.2) is 5.75 Å². The number of benzene rings is 1. The highest BCUT2D eigenvalue weighted by atomic mass is 35.5. The van der Waals surface area contributed by atoms with E-state index < -0.39 is 10.9 Å². The maximum Gasteiger partial charge on any atom is 0.311 e. The second-order valence-corrected chi connectivity index (χ2v) is 3.93. The summed E-state index contributed by atoms with van der Waals surface area (Å²) in [7, 11) is 1.33. The van der Waals surface area contributed by atoms with E-state index in [0.29, 0.717) is 11.1 Å².